The summed E-state index contributed by atoms with van der Waals surface area (Å²) in [5.41, 5.74) is 1.56. The lowest BCUT2D eigenvalue weighted by Crippen LogP contribution is -2.26. The van der Waals surface area contributed by atoms with Gasteiger partial charge in [-0.3, -0.25) is 10.1 Å². The molecular weight excluding hydrogens is 360 g/mol. The number of benzene rings is 1. The molecule has 0 bridgehead atoms. The third-order valence-corrected chi connectivity index (χ3v) is 6.37. The van der Waals surface area contributed by atoms with E-state index in [1.165, 1.54) is 0 Å². The van der Waals surface area contributed by atoms with E-state index in [9.17, 15) is 13.2 Å². The normalized spacial score (nSPS) is 14.8. The second-order valence-corrected chi connectivity index (χ2v) is 8.54. The largest absolute Gasteiger partial charge is 0.296 e. The summed E-state index contributed by atoms with van der Waals surface area (Å²) in [6.07, 6.45) is 6.22. The Bertz CT molecular complexity index is 876. The Labute approximate surface area is 150 Å². The molecule has 0 unspecified atom stereocenters. The summed E-state index contributed by atoms with van der Waals surface area (Å²) in [4.78, 5) is 12.1. The third-order valence-electron chi connectivity index (χ3n) is 3.77. The van der Waals surface area contributed by atoms with Crippen molar-refractivity contribution in [2.75, 3.05) is 11.9 Å². The van der Waals surface area contributed by atoms with Crippen LogP contribution in [0, 0.1) is 0 Å². The van der Waals surface area contributed by atoms with Crippen LogP contribution >= 0.6 is 11.3 Å². The summed E-state index contributed by atoms with van der Waals surface area (Å²) in [6.45, 7) is 0.285. The molecule has 3 rings (SSSR count). The predicted molar refractivity (Wildman–Crippen MR) is 96.0 cm³/mol. The molecule has 0 radical (unpaired) electrons. The number of sulfonamides is 1. The topological polar surface area (TPSA) is 101 Å². The molecule has 1 aromatic heterocycles. The van der Waals surface area contributed by atoms with Gasteiger partial charge in [-0.2, -0.15) is 0 Å². The van der Waals surface area contributed by atoms with Gasteiger partial charge in [-0.05, 0) is 37.8 Å². The van der Waals surface area contributed by atoms with Gasteiger partial charge in [0, 0.05) is 12.1 Å². The van der Waals surface area contributed by atoms with E-state index in [4.69, 9.17) is 0 Å². The number of nitrogens with zero attached hydrogens (tertiary/aromatic N) is 2. The zero-order chi connectivity index (χ0) is 17.7. The van der Waals surface area contributed by atoms with Crippen molar-refractivity contribution < 1.29 is 13.2 Å². The van der Waals surface area contributed by atoms with E-state index in [1.54, 1.807) is 30.3 Å². The second kappa shape index (κ2) is 7.85. The van der Waals surface area contributed by atoms with Crippen molar-refractivity contribution in [2.45, 2.75) is 30.0 Å². The van der Waals surface area contributed by atoms with Crippen LogP contribution in [-0.4, -0.2) is 31.1 Å². The van der Waals surface area contributed by atoms with Gasteiger partial charge in [0.25, 0.3) is 15.9 Å². The second-order valence-electron chi connectivity index (χ2n) is 5.63. The fourth-order valence-electron chi connectivity index (χ4n) is 2.44. The van der Waals surface area contributed by atoms with Crippen LogP contribution in [0.5, 0.6) is 0 Å². The van der Waals surface area contributed by atoms with Gasteiger partial charge < -0.3 is 0 Å². The third kappa shape index (κ3) is 4.71. The minimum absolute atomic E-state index is 0.145. The van der Waals surface area contributed by atoms with Crippen LogP contribution in [0.3, 0.4) is 0 Å². The van der Waals surface area contributed by atoms with E-state index in [-0.39, 0.29) is 21.9 Å². The number of anilines is 1. The average Bonchev–Trinajstić information content (AvgIpc) is 3.11. The lowest BCUT2D eigenvalue weighted by molar-refractivity contribution is 0.102. The lowest BCUT2D eigenvalue weighted by atomic mass is 10.0. The van der Waals surface area contributed by atoms with Crippen molar-refractivity contribution in [1.29, 1.82) is 0 Å². The molecule has 7 nitrogen and oxygen atoms in total. The molecule has 1 aromatic carbocycles. The van der Waals surface area contributed by atoms with Gasteiger partial charge in [-0.1, -0.05) is 41.2 Å². The Morgan fingerprint density at radius 3 is 2.68 bits per heavy atom. The first-order valence-electron chi connectivity index (χ1n) is 7.92. The Balaban J connectivity index is 1.63. The van der Waals surface area contributed by atoms with Gasteiger partial charge in [0.1, 0.15) is 0 Å². The van der Waals surface area contributed by atoms with Gasteiger partial charge in [-0.25, -0.2) is 13.1 Å². The number of hydrogen-bond donors (Lipinski definition) is 2. The molecule has 9 heteroatoms. The van der Waals surface area contributed by atoms with E-state index >= 15 is 0 Å². The molecular formula is C16H18N4O3S2. The van der Waals surface area contributed by atoms with E-state index in [2.05, 4.69) is 26.3 Å². The first-order chi connectivity index (χ1) is 12.0. The fraction of sp³-hybridized carbons (Fsp3) is 0.312. The van der Waals surface area contributed by atoms with E-state index in [1.807, 2.05) is 0 Å². The summed E-state index contributed by atoms with van der Waals surface area (Å²) in [5.74, 6) is -0.360. The molecule has 1 aliphatic carbocycles. The molecule has 2 aromatic rings. The van der Waals surface area contributed by atoms with Crippen molar-refractivity contribution in [3.05, 3.63) is 47.5 Å². The Hall–Kier alpha value is -2.10. The zero-order valence-electron chi connectivity index (χ0n) is 13.4. The first-order valence-corrected chi connectivity index (χ1v) is 10.2. The van der Waals surface area contributed by atoms with Gasteiger partial charge >= 0.3 is 0 Å². The van der Waals surface area contributed by atoms with Crippen LogP contribution in [0.2, 0.25) is 0 Å². The number of carbonyl (C=O) groups excluding carboxylic acids is 1. The zero-order valence-corrected chi connectivity index (χ0v) is 15.1. The number of hydrogen-bond acceptors (Lipinski definition) is 6. The van der Waals surface area contributed by atoms with Crippen molar-refractivity contribution in [3.63, 3.8) is 0 Å². The molecule has 0 atom stereocenters. The molecule has 2 N–H and O–H groups in total. The Morgan fingerprint density at radius 1 is 1.16 bits per heavy atom. The van der Waals surface area contributed by atoms with Crippen LogP contribution in [0.4, 0.5) is 5.13 Å². The molecule has 1 amide bonds. The highest BCUT2D eigenvalue weighted by Gasteiger charge is 2.21. The van der Waals surface area contributed by atoms with E-state index in [0.29, 0.717) is 5.56 Å². The highest BCUT2D eigenvalue weighted by atomic mass is 32.2. The lowest BCUT2D eigenvalue weighted by Gasteiger charge is -2.12. The number of rotatable bonds is 6. The van der Waals surface area contributed by atoms with Gasteiger partial charge in [0.05, 0.1) is 0 Å². The Kier molecular flexibility index (Phi) is 5.57. The molecule has 1 heterocycles. The molecule has 0 fully saturated rings. The highest BCUT2D eigenvalue weighted by Crippen LogP contribution is 2.21. The van der Waals surface area contributed by atoms with Crippen LogP contribution in [-0.2, 0) is 10.0 Å². The Morgan fingerprint density at radius 2 is 1.96 bits per heavy atom. The summed E-state index contributed by atoms with van der Waals surface area (Å²) >= 11 is 0.825. The standard InChI is InChI=1S/C16H18N4O3S2/c21-14(13-9-5-2-6-10-13)18-15-19-20-16(24-15)25(22,23)17-11-12-7-3-1-4-8-12/h2,5-7,9-10,17H,1,3-4,8,11H2,(H,18,19,21). The molecule has 0 saturated heterocycles. The van der Waals surface area contributed by atoms with Crippen molar-refractivity contribution in [3.8, 4) is 0 Å². The average molecular weight is 378 g/mol. The maximum absolute atomic E-state index is 12.3. The number of aromatic nitrogens is 2. The molecule has 25 heavy (non-hydrogen) atoms. The smallest absolute Gasteiger partial charge is 0.270 e. The van der Waals surface area contributed by atoms with E-state index in [0.717, 1.165) is 42.6 Å². The number of allylic oxidation sites excluding steroid dienone is 1. The highest BCUT2D eigenvalue weighted by molar-refractivity contribution is 7.91. The minimum atomic E-state index is -3.74. The van der Waals surface area contributed by atoms with Gasteiger partial charge in [0.2, 0.25) is 9.47 Å². The van der Waals surface area contributed by atoms with Crippen molar-refractivity contribution in [1.82, 2.24) is 14.9 Å². The predicted octanol–water partition coefficient (Wildman–Crippen LogP) is 2.57. The quantitative estimate of drug-likeness (QED) is 0.594. The minimum Gasteiger partial charge on any atom is -0.296 e. The van der Waals surface area contributed by atoms with Gasteiger partial charge in [0.15, 0.2) is 0 Å². The first kappa shape index (κ1) is 17.7. The summed E-state index contributed by atoms with van der Waals surface area (Å²) in [5, 5.41) is 10.1. The molecule has 132 valence electrons. The maximum Gasteiger partial charge on any atom is 0.270 e. The monoisotopic (exact) mass is 378 g/mol. The summed E-state index contributed by atoms with van der Waals surface area (Å²) < 4.78 is 27.0. The van der Waals surface area contributed by atoms with Crippen molar-refractivity contribution in [2.24, 2.45) is 0 Å². The van der Waals surface area contributed by atoms with Crippen LogP contribution in [0.15, 0.2) is 46.3 Å². The van der Waals surface area contributed by atoms with Crippen LogP contribution in [0.1, 0.15) is 36.0 Å². The maximum atomic E-state index is 12.3. The van der Waals surface area contributed by atoms with Gasteiger partial charge in [-0.15, -0.1) is 10.2 Å². The molecule has 1 aliphatic rings. The van der Waals surface area contributed by atoms with E-state index < -0.39 is 10.0 Å². The fourth-order valence-corrected chi connectivity index (χ4v) is 4.41. The summed E-state index contributed by atoms with van der Waals surface area (Å²) in [7, 11) is -3.74. The SMILES string of the molecule is O=C(Nc1nnc(S(=O)(=O)NCC2=CCCCC2)s1)c1ccccc1. The van der Waals surface area contributed by atoms with Crippen LogP contribution < -0.4 is 10.0 Å². The number of carbonyl (C=O) groups is 1. The molecule has 0 saturated carbocycles. The number of amides is 1. The molecule has 0 aliphatic heterocycles. The number of nitrogens with one attached hydrogen (secondary N) is 2. The summed E-state index contributed by atoms with van der Waals surface area (Å²) in [6, 6.07) is 8.62. The molecule has 0 spiro atoms. The van der Waals surface area contributed by atoms with Crippen molar-refractivity contribution >= 4 is 32.4 Å². The van der Waals surface area contributed by atoms with Crippen LogP contribution in [0.25, 0.3) is 0 Å².